The average Bonchev–Trinajstić information content (AvgIpc) is 2.87. The average molecular weight is 281 g/mol. The maximum absolute atomic E-state index is 5.92. The van der Waals surface area contributed by atoms with Crippen LogP contribution in [0.5, 0.6) is 0 Å². The zero-order chi connectivity index (χ0) is 15.2. The van der Waals surface area contributed by atoms with Gasteiger partial charge in [0.25, 0.3) is 0 Å². The van der Waals surface area contributed by atoms with Gasteiger partial charge in [-0.1, -0.05) is 0 Å². The number of aromatic nitrogens is 4. The van der Waals surface area contributed by atoms with E-state index in [0.717, 1.165) is 34.0 Å². The number of aryl methyl sites for hydroxylation is 1. The van der Waals surface area contributed by atoms with Gasteiger partial charge < -0.3 is 10.3 Å². The van der Waals surface area contributed by atoms with Gasteiger partial charge in [0.05, 0.1) is 11.8 Å². The minimum Gasteiger partial charge on any atom is -0.399 e. The smallest absolute Gasteiger partial charge is 0.167 e. The normalized spacial score (nSPS) is 12.0. The van der Waals surface area contributed by atoms with Gasteiger partial charge in [-0.05, 0) is 51.5 Å². The van der Waals surface area contributed by atoms with E-state index < -0.39 is 0 Å². The fourth-order valence-electron chi connectivity index (χ4n) is 2.47. The lowest BCUT2D eigenvalue weighted by molar-refractivity contribution is 0.395. The van der Waals surface area contributed by atoms with Crippen molar-refractivity contribution in [1.82, 2.24) is 19.7 Å². The Morgan fingerprint density at radius 2 is 1.81 bits per heavy atom. The number of rotatable bonds is 1. The summed E-state index contributed by atoms with van der Waals surface area (Å²) in [5.41, 5.74) is 9.57. The van der Waals surface area contributed by atoms with Crippen LogP contribution in [-0.4, -0.2) is 19.7 Å². The minimum absolute atomic E-state index is 0.153. The van der Waals surface area contributed by atoms with Crippen molar-refractivity contribution in [2.45, 2.75) is 33.2 Å². The third-order valence-corrected chi connectivity index (χ3v) is 3.56. The lowest BCUT2D eigenvalue weighted by Crippen LogP contribution is -2.26. The first-order chi connectivity index (χ1) is 9.88. The Balaban J connectivity index is 2.31. The highest BCUT2D eigenvalue weighted by Crippen LogP contribution is 2.32. The SMILES string of the molecule is Cc1cc(-c2ncc3cnnc-3n2C(C)(C)C)ccc1N. The molecule has 108 valence electrons. The quantitative estimate of drug-likeness (QED) is 0.696. The standard InChI is InChI=1S/C16H19N5/c1-10-7-11(5-6-13(10)17)14-18-8-12-9-19-20-15(12)21(14)16(2,3)4/h5-9H,17H2,1-4H3. The van der Waals surface area contributed by atoms with Crippen LogP contribution in [0.1, 0.15) is 26.3 Å². The summed E-state index contributed by atoms with van der Waals surface area (Å²) in [7, 11) is 0. The van der Waals surface area contributed by atoms with Crippen molar-refractivity contribution in [3.05, 3.63) is 36.2 Å². The van der Waals surface area contributed by atoms with Crippen molar-refractivity contribution in [1.29, 1.82) is 0 Å². The van der Waals surface area contributed by atoms with Crippen LogP contribution in [0.25, 0.3) is 22.8 Å². The molecule has 0 fully saturated rings. The van der Waals surface area contributed by atoms with Gasteiger partial charge in [0, 0.05) is 23.0 Å². The van der Waals surface area contributed by atoms with Crippen LogP contribution < -0.4 is 5.73 Å². The molecule has 0 unspecified atom stereocenters. The van der Waals surface area contributed by atoms with E-state index in [4.69, 9.17) is 5.73 Å². The minimum atomic E-state index is -0.153. The summed E-state index contributed by atoms with van der Waals surface area (Å²) in [5.74, 6) is 1.72. The Hall–Kier alpha value is -2.43. The van der Waals surface area contributed by atoms with Gasteiger partial charge in [-0.2, -0.15) is 5.10 Å². The van der Waals surface area contributed by atoms with Crippen LogP contribution in [-0.2, 0) is 5.54 Å². The van der Waals surface area contributed by atoms with E-state index in [1.807, 2.05) is 25.3 Å². The first-order valence-electron chi connectivity index (χ1n) is 6.94. The zero-order valence-electron chi connectivity index (χ0n) is 12.8. The largest absolute Gasteiger partial charge is 0.399 e. The lowest BCUT2D eigenvalue weighted by Gasteiger charge is -2.28. The summed E-state index contributed by atoms with van der Waals surface area (Å²) < 4.78 is 2.13. The molecular formula is C16H19N5. The van der Waals surface area contributed by atoms with Crippen molar-refractivity contribution >= 4 is 5.69 Å². The second-order valence-electron chi connectivity index (χ2n) is 6.28. The molecule has 0 spiro atoms. The van der Waals surface area contributed by atoms with E-state index in [1.54, 1.807) is 6.20 Å². The Morgan fingerprint density at radius 1 is 1.05 bits per heavy atom. The summed E-state index contributed by atoms with van der Waals surface area (Å²) in [6, 6.07) is 5.97. The van der Waals surface area contributed by atoms with Crippen molar-refractivity contribution in [3.63, 3.8) is 0 Å². The molecule has 2 aliphatic heterocycles. The van der Waals surface area contributed by atoms with E-state index in [0.29, 0.717) is 0 Å². The van der Waals surface area contributed by atoms with Gasteiger partial charge in [0.1, 0.15) is 5.82 Å². The van der Waals surface area contributed by atoms with Crippen LogP contribution in [0.15, 0.2) is 30.6 Å². The summed E-state index contributed by atoms with van der Waals surface area (Å²) in [4.78, 5) is 4.63. The Morgan fingerprint density at radius 3 is 2.48 bits per heavy atom. The van der Waals surface area contributed by atoms with Gasteiger partial charge in [-0.15, -0.1) is 5.10 Å². The Kier molecular flexibility index (Phi) is 2.93. The maximum Gasteiger partial charge on any atom is 0.167 e. The summed E-state index contributed by atoms with van der Waals surface area (Å²) in [5, 5.41) is 8.27. The number of hydrogen-bond acceptors (Lipinski definition) is 4. The predicted molar refractivity (Wildman–Crippen MR) is 84.0 cm³/mol. The summed E-state index contributed by atoms with van der Waals surface area (Å²) >= 11 is 0. The second-order valence-corrected chi connectivity index (χ2v) is 6.28. The van der Waals surface area contributed by atoms with Gasteiger partial charge in [0.2, 0.25) is 0 Å². The molecule has 0 saturated heterocycles. The van der Waals surface area contributed by atoms with E-state index in [9.17, 15) is 0 Å². The molecule has 1 aromatic rings. The molecule has 0 saturated carbocycles. The highest BCUT2D eigenvalue weighted by molar-refractivity contribution is 5.66. The predicted octanol–water partition coefficient (Wildman–Crippen LogP) is 3.09. The van der Waals surface area contributed by atoms with Crippen molar-refractivity contribution in [3.8, 4) is 22.8 Å². The highest BCUT2D eigenvalue weighted by Gasteiger charge is 2.24. The molecule has 3 rings (SSSR count). The number of nitrogens with zero attached hydrogens (tertiary/aromatic N) is 4. The molecule has 2 heterocycles. The van der Waals surface area contributed by atoms with Gasteiger partial charge in [-0.3, -0.25) is 0 Å². The first-order valence-corrected chi connectivity index (χ1v) is 6.94. The number of anilines is 1. The molecule has 0 bridgehead atoms. The van der Waals surface area contributed by atoms with Crippen LogP contribution in [0.2, 0.25) is 0 Å². The van der Waals surface area contributed by atoms with Gasteiger partial charge in [-0.25, -0.2) is 4.98 Å². The molecule has 1 aromatic carbocycles. The van der Waals surface area contributed by atoms with Crippen molar-refractivity contribution in [2.75, 3.05) is 5.73 Å². The molecule has 0 aromatic heterocycles. The van der Waals surface area contributed by atoms with E-state index in [1.165, 1.54) is 0 Å². The van der Waals surface area contributed by atoms with E-state index in [2.05, 4.69) is 46.6 Å². The lowest BCUT2D eigenvalue weighted by atomic mass is 10.0. The Bertz CT molecular complexity index is 767. The first kappa shape index (κ1) is 13.5. The molecule has 0 atom stereocenters. The van der Waals surface area contributed by atoms with E-state index >= 15 is 0 Å². The zero-order valence-corrected chi connectivity index (χ0v) is 12.8. The van der Waals surface area contributed by atoms with Crippen LogP contribution in [0.3, 0.4) is 0 Å². The van der Waals surface area contributed by atoms with Crippen molar-refractivity contribution in [2.24, 2.45) is 0 Å². The summed E-state index contributed by atoms with van der Waals surface area (Å²) in [6.07, 6.45) is 3.56. The second kappa shape index (κ2) is 4.55. The molecule has 5 nitrogen and oxygen atoms in total. The Labute approximate surface area is 124 Å². The van der Waals surface area contributed by atoms with E-state index in [-0.39, 0.29) is 5.54 Å². The fourth-order valence-corrected chi connectivity index (χ4v) is 2.47. The topological polar surface area (TPSA) is 69.6 Å². The molecule has 2 aliphatic rings. The summed E-state index contributed by atoms with van der Waals surface area (Å²) in [6.45, 7) is 8.41. The van der Waals surface area contributed by atoms with Gasteiger partial charge >= 0.3 is 0 Å². The molecule has 2 N–H and O–H groups in total. The fraction of sp³-hybridized carbons (Fsp3) is 0.312. The third-order valence-electron chi connectivity index (χ3n) is 3.56. The van der Waals surface area contributed by atoms with Crippen molar-refractivity contribution < 1.29 is 0 Å². The number of fused-ring (bicyclic) bond motifs is 1. The molecule has 21 heavy (non-hydrogen) atoms. The molecule has 0 radical (unpaired) electrons. The maximum atomic E-state index is 5.92. The highest BCUT2D eigenvalue weighted by atomic mass is 15.2. The van der Waals surface area contributed by atoms with Gasteiger partial charge in [0.15, 0.2) is 5.82 Å². The number of nitrogens with two attached hydrogens (primary N) is 1. The molecular weight excluding hydrogens is 262 g/mol. The molecule has 0 amide bonds. The monoisotopic (exact) mass is 281 g/mol. The number of benzene rings is 1. The number of nitrogen functional groups attached to an aromatic ring is 1. The molecule has 5 heteroatoms. The number of hydrogen-bond donors (Lipinski definition) is 1. The third kappa shape index (κ3) is 2.24. The van der Waals surface area contributed by atoms with Crippen LogP contribution in [0, 0.1) is 6.92 Å². The van der Waals surface area contributed by atoms with Crippen LogP contribution >= 0.6 is 0 Å². The van der Waals surface area contributed by atoms with Crippen LogP contribution in [0.4, 0.5) is 5.69 Å². The molecule has 0 aliphatic carbocycles.